The van der Waals surface area contributed by atoms with Crippen LogP contribution in [0.15, 0.2) is 41.8 Å². The molecule has 0 bridgehead atoms. The zero-order chi connectivity index (χ0) is 15.8. The second kappa shape index (κ2) is 5.66. The quantitative estimate of drug-likeness (QED) is 0.802. The molecule has 0 unspecified atom stereocenters. The zero-order valence-corrected chi connectivity index (χ0v) is 13.9. The fourth-order valence-corrected chi connectivity index (χ4v) is 3.78. The van der Waals surface area contributed by atoms with Crippen molar-refractivity contribution in [3.8, 4) is 0 Å². The SMILES string of the molecule is CN(C)c1ccc([C@H]2C[C@H](c3cccs3)Nc3nnnn32)cc1. The zero-order valence-electron chi connectivity index (χ0n) is 13.0. The number of hydrogen-bond acceptors (Lipinski definition) is 6. The molecule has 1 aliphatic rings. The summed E-state index contributed by atoms with van der Waals surface area (Å²) in [4.78, 5) is 3.41. The van der Waals surface area contributed by atoms with Gasteiger partial charge >= 0.3 is 0 Å². The van der Waals surface area contributed by atoms with Gasteiger partial charge in [0.25, 0.3) is 0 Å². The highest BCUT2D eigenvalue weighted by Crippen LogP contribution is 2.38. The smallest absolute Gasteiger partial charge is 0.244 e. The van der Waals surface area contributed by atoms with Gasteiger partial charge < -0.3 is 10.2 Å². The minimum absolute atomic E-state index is 0.143. The Kier molecular flexibility index (Phi) is 3.49. The van der Waals surface area contributed by atoms with Crippen molar-refractivity contribution in [2.24, 2.45) is 0 Å². The van der Waals surface area contributed by atoms with E-state index in [4.69, 9.17) is 0 Å². The third kappa shape index (κ3) is 2.57. The van der Waals surface area contributed by atoms with E-state index in [0.717, 1.165) is 12.4 Å². The predicted molar refractivity (Wildman–Crippen MR) is 92.0 cm³/mol. The minimum atomic E-state index is 0.143. The maximum atomic E-state index is 4.17. The maximum absolute atomic E-state index is 4.17. The summed E-state index contributed by atoms with van der Waals surface area (Å²) in [5.74, 6) is 0.733. The lowest BCUT2D eigenvalue weighted by molar-refractivity contribution is 0.426. The summed E-state index contributed by atoms with van der Waals surface area (Å²) in [7, 11) is 4.09. The van der Waals surface area contributed by atoms with Crippen LogP contribution in [-0.4, -0.2) is 34.3 Å². The molecule has 0 radical (unpaired) electrons. The Morgan fingerprint density at radius 1 is 1.22 bits per heavy atom. The first-order chi connectivity index (χ1) is 11.2. The standard InChI is InChI=1S/C16H18N6S/c1-21(2)12-7-5-11(6-8-12)14-10-13(15-4-3-9-23-15)17-16-18-19-20-22(14)16/h3-9,13-14H,10H2,1-2H3,(H,17,18,20)/t13-,14-/m1/s1. The summed E-state index contributed by atoms with van der Waals surface area (Å²) in [6.45, 7) is 0. The van der Waals surface area contributed by atoms with E-state index >= 15 is 0 Å². The van der Waals surface area contributed by atoms with E-state index < -0.39 is 0 Å². The fourth-order valence-electron chi connectivity index (χ4n) is 2.99. The molecule has 0 saturated carbocycles. The van der Waals surface area contributed by atoms with Crippen molar-refractivity contribution in [1.82, 2.24) is 20.2 Å². The van der Waals surface area contributed by atoms with Crippen LogP contribution >= 0.6 is 11.3 Å². The number of benzene rings is 1. The Morgan fingerprint density at radius 2 is 2.04 bits per heavy atom. The summed E-state index contributed by atoms with van der Waals surface area (Å²) in [6, 6.07) is 13.2. The van der Waals surface area contributed by atoms with Gasteiger partial charge in [-0.15, -0.1) is 11.3 Å². The summed E-state index contributed by atoms with van der Waals surface area (Å²) in [5, 5.41) is 17.7. The van der Waals surface area contributed by atoms with Gasteiger partial charge in [-0.2, -0.15) is 0 Å². The first-order valence-electron chi connectivity index (χ1n) is 7.57. The van der Waals surface area contributed by atoms with Crippen LogP contribution in [0, 0.1) is 0 Å². The number of anilines is 2. The van der Waals surface area contributed by atoms with Gasteiger partial charge in [0.15, 0.2) is 0 Å². The predicted octanol–water partition coefficient (Wildman–Crippen LogP) is 2.95. The van der Waals surface area contributed by atoms with E-state index in [9.17, 15) is 0 Å². The highest BCUT2D eigenvalue weighted by atomic mass is 32.1. The average molecular weight is 326 g/mol. The van der Waals surface area contributed by atoms with Gasteiger partial charge in [0.1, 0.15) is 0 Å². The van der Waals surface area contributed by atoms with Gasteiger partial charge in [0.05, 0.1) is 12.1 Å². The molecule has 1 aromatic carbocycles. The minimum Gasteiger partial charge on any atom is -0.378 e. The summed E-state index contributed by atoms with van der Waals surface area (Å²) >= 11 is 1.76. The molecular formula is C16H18N6S. The van der Waals surface area contributed by atoms with Gasteiger partial charge in [0.2, 0.25) is 5.95 Å². The van der Waals surface area contributed by atoms with Crippen molar-refractivity contribution >= 4 is 23.0 Å². The number of hydrogen-bond donors (Lipinski definition) is 1. The van der Waals surface area contributed by atoms with Crippen LogP contribution in [-0.2, 0) is 0 Å². The molecule has 4 rings (SSSR count). The molecule has 2 aromatic heterocycles. The van der Waals surface area contributed by atoms with Gasteiger partial charge in [-0.3, -0.25) is 0 Å². The molecule has 7 heteroatoms. The second-order valence-corrected chi connectivity index (χ2v) is 6.88. The molecule has 3 heterocycles. The van der Waals surface area contributed by atoms with Gasteiger partial charge in [-0.1, -0.05) is 23.3 Å². The van der Waals surface area contributed by atoms with Crippen molar-refractivity contribution in [2.45, 2.75) is 18.5 Å². The Balaban J connectivity index is 1.69. The van der Waals surface area contributed by atoms with E-state index in [1.807, 2.05) is 18.8 Å². The van der Waals surface area contributed by atoms with E-state index in [0.29, 0.717) is 0 Å². The Labute approximate surface area is 138 Å². The number of aromatic nitrogens is 4. The molecule has 0 fully saturated rings. The highest BCUT2D eigenvalue weighted by Gasteiger charge is 2.31. The van der Waals surface area contributed by atoms with Crippen LogP contribution in [0.25, 0.3) is 0 Å². The van der Waals surface area contributed by atoms with E-state index in [2.05, 4.69) is 67.5 Å². The molecule has 118 valence electrons. The molecule has 23 heavy (non-hydrogen) atoms. The number of tetrazole rings is 1. The largest absolute Gasteiger partial charge is 0.378 e. The third-order valence-corrected chi connectivity index (χ3v) is 5.22. The average Bonchev–Trinajstić information content (AvgIpc) is 3.25. The monoisotopic (exact) mass is 326 g/mol. The van der Waals surface area contributed by atoms with E-state index in [-0.39, 0.29) is 12.1 Å². The first kappa shape index (κ1) is 14.2. The summed E-state index contributed by atoms with van der Waals surface area (Å²) in [6.07, 6.45) is 0.930. The lowest BCUT2D eigenvalue weighted by Crippen LogP contribution is -2.27. The van der Waals surface area contributed by atoms with Crippen molar-refractivity contribution in [2.75, 3.05) is 24.3 Å². The Hall–Kier alpha value is -2.41. The van der Waals surface area contributed by atoms with Gasteiger partial charge in [-0.05, 0) is 46.0 Å². The van der Waals surface area contributed by atoms with Crippen LogP contribution in [0.5, 0.6) is 0 Å². The number of nitrogens with one attached hydrogen (secondary N) is 1. The molecule has 0 amide bonds. The lowest BCUT2D eigenvalue weighted by atomic mass is 9.96. The lowest BCUT2D eigenvalue weighted by Gasteiger charge is -2.30. The molecule has 3 aromatic rings. The van der Waals surface area contributed by atoms with Gasteiger partial charge in [0, 0.05) is 24.7 Å². The van der Waals surface area contributed by atoms with Crippen LogP contribution < -0.4 is 10.2 Å². The number of rotatable bonds is 3. The number of fused-ring (bicyclic) bond motifs is 1. The molecule has 6 nitrogen and oxygen atoms in total. The van der Waals surface area contributed by atoms with Gasteiger partial charge in [-0.25, -0.2) is 4.68 Å². The number of nitrogens with zero attached hydrogens (tertiary/aromatic N) is 5. The number of thiophene rings is 1. The Bertz CT molecular complexity index is 777. The van der Waals surface area contributed by atoms with E-state index in [1.165, 1.54) is 16.1 Å². The van der Waals surface area contributed by atoms with E-state index in [1.54, 1.807) is 11.3 Å². The first-order valence-corrected chi connectivity index (χ1v) is 8.45. The van der Waals surface area contributed by atoms with Crippen LogP contribution in [0.1, 0.15) is 28.9 Å². The topological polar surface area (TPSA) is 58.9 Å². The van der Waals surface area contributed by atoms with Crippen LogP contribution in [0.3, 0.4) is 0 Å². The molecule has 1 N–H and O–H groups in total. The molecular weight excluding hydrogens is 308 g/mol. The van der Waals surface area contributed by atoms with Crippen LogP contribution in [0.4, 0.5) is 11.6 Å². The van der Waals surface area contributed by atoms with Crippen molar-refractivity contribution in [1.29, 1.82) is 0 Å². The summed E-state index contributed by atoms with van der Waals surface area (Å²) < 4.78 is 1.88. The van der Waals surface area contributed by atoms with Crippen LogP contribution in [0.2, 0.25) is 0 Å². The molecule has 0 aliphatic carbocycles. The molecule has 0 spiro atoms. The van der Waals surface area contributed by atoms with Crippen molar-refractivity contribution in [3.05, 3.63) is 52.2 Å². The second-order valence-electron chi connectivity index (χ2n) is 5.90. The molecule has 2 atom stereocenters. The molecule has 1 aliphatic heterocycles. The molecule has 0 saturated heterocycles. The third-order valence-electron chi connectivity index (χ3n) is 4.23. The highest BCUT2D eigenvalue weighted by molar-refractivity contribution is 7.10. The fraction of sp³-hybridized carbons (Fsp3) is 0.312. The summed E-state index contributed by atoms with van der Waals surface area (Å²) in [5.41, 5.74) is 2.42. The maximum Gasteiger partial charge on any atom is 0.244 e. The van der Waals surface area contributed by atoms with Crippen molar-refractivity contribution < 1.29 is 0 Å². The Morgan fingerprint density at radius 3 is 2.74 bits per heavy atom. The van der Waals surface area contributed by atoms with Crippen molar-refractivity contribution in [3.63, 3.8) is 0 Å². The normalized spacial score (nSPS) is 19.9.